The highest BCUT2D eigenvalue weighted by Gasteiger charge is 2.40. The Morgan fingerprint density at radius 2 is 1.81 bits per heavy atom. The first kappa shape index (κ1) is 21.3. The summed E-state index contributed by atoms with van der Waals surface area (Å²) in [6.45, 7) is 17.8. The number of sulfonamides is 1. The van der Waals surface area contributed by atoms with Crippen LogP contribution in [0.5, 0.6) is 0 Å². The van der Waals surface area contributed by atoms with Crippen LogP contribution in [-0.4, -0.2) is 40.2 Å². The number of nitrogens with zero attached hydrogens (tertiary/aromatic N) is 1. The number of hydrogen-bond acceptors (Lipinski definition) is 3. The fraction of sp³-hybridized carbons (Fsp3) is 0.600. The van der Waals surface area contributed by atoms with Crippen LogP contribution in [0.25, 0.3) is 0 Å². The van der Waals surface area contributed by atoms with E-state index in [1.54, 1.807) is 16.4 Å². The summed E-state index contributed by atoms with van der Waals surface area (Å²) in [6, 6.07) is 6.92. The largest absolute Gasteiger partial charge is 0.415 e. The topological polar surface area (TPSA) is 46.6 Å². The van der Waals surface area contributed by atoms with E-state index in [4.69, 9.17) is 4.43 Å². The van der Waals surface area contributed by atoms with Gasteiger partial charge in [-0.1, -0.05) is 50.6 Å². The van der Waals surface area contributed by atoms with E-state index < -0.39 is 18.3 Å². The predicted molar refractivity (Wildman–Crippen MR) is 110 cm³/mol. The number of aryl methyl sites for hydroxylation is 1. The summed E-state index contributed by atoms with van der Waals surface area (Å²) < 4.78 is 34.4. The lowest BCUT2D eigenvalue weighted by Gasteiger charge is -2.40. The molecule has 1 atom stereocenters. The summed E-state index contributed by atoms with van der Waals surface area (Å²) in [4.78, 5) is 0.343. The van der Waals surface area contributed by atoms with E-state index in [0.717, 1.165) is 24.0 Å². The van der Waals surface area contributed by atoms with E-state index in [1.165, 1.54) is 0 Å². The third-order valence-electron chi connectivity index (χ3n) is 5.69. The van der Waals surface area contributed by atoms with Gasteiger partial charge in [0, 0.05) is 12.6 Å². The van der Waals surface area contributed by atoms with Crippen molar-refractivity contribution < 1.29 is 12.8 Å². The highest BCUT2D eigenvalue weighted by Crippen LogP contribution is 2.37. The first-order chi connectivity index (χ1) is 11.8. The van der Waals surface area contributed by atoms with E-state index in [0.29, 0.717) is 18.0 Å². The first-order valence-electron chi connectivity index (χ1n) is 9.24. The quantitative estimate of drug-likeness (QED) is 0.535. The summed E-state index contributed by atoms with van der Waals surface area (Å²) >= 11 is 0. The van der Waals surface area contributed by atoms with Gasteiger partial charge in [-0.05, 0) is 50.0 Å². The third kappa shape index (κ3) is 4.66. The Kier molecular flexibility index (Phi) is 6.22. The second-order valence-electron chi connectivity index (χ2n) is 8.88. The van der Waals surface area contributed by atoms with Gasteiger partial charge in [-0.25, -0.2) is 8.42 Å². The van der Waals surface area contributed by atoms with Gasteiger partial charge in [0.1, 0.15) is 0 Å². The maximum Gasteiger partial charge on any atom is 0.243 e. The Bertz CT molecular complexity index is 748. The Hall–Kier alpha value is -0.953. The number of piperidine rings is 1. The van der Waals surface area contributed by atoms with Crippen molar-refractivity contribution in [3.63, 3.8) is 0 Å². The summed E-state index contributed by atoms with van der Waals surface area (Å²) in [6.07, 6.45) is 1.62. The molecule has 1 aromatic carbocycles. The van der Waals surface area contributed by atoms with Crippen LogP contribution in [0.1, 0.15) is 39.2 Å². The summed E-state index contributed by atoms with van der Waals surface area (Å²) in [5, 5.41) is 0.103. The van der Waals surface area contributed by atoms with Crippen molar-refractivity contribution in [1.82, 2.24) is 4.31 Å². The van der Waals surface area contributed by atoms with Gasteiger partial charge in [0.2, 0.25) is 10.0 Å². The van der Waals surface area contributed by atoms with E-state index >= 15 is 0 Å². The molecule has 1 aliphatic heterocycles. The van der Waals surface area contributed by atoms with Gasteiger partial charge in [-0.3, -0.25) is 0 Å². The Morgan fingerprint density at radius 3 is 2.35 bits per heavy atom. The molecule has 4 nitrogen and oxygen atoms in total. The van der Waals surface area contributed by atoms with Crippen molar-refractivity contribution in [2.75, 3.05) is 13.2 Å². The molecule has 0 unspecified atom stereocenters. The van der Waals surface area contributed by atoms with Gasteiger partial charge < -0.3 is 4.43 Å². The molecule has 146 valence electrons. The Morgan fingerprint density at radius 1 is 1.23 bits per heavy atom. The average Bonchev–Trinajstić information content (AvgIpc) is 2.53. The van der Waals surface area contributed by atoms with Gasteiger partial charge in [0.25, 0.3) is 0 Å². The van der Waals surface area contributed by atoms with E-state index in [1.807, 2.05) is 19.1 Å². The minimum Gasteiger partial charge on any atom is -0.415 e. The molecule has 0 aliphatic carbocycles. The monoisotopic (exact) mass is 395 g/mol. The van der Waals surface area contributed by atoms with Gasteiger partial charge in [-0.15, -0.1) is 0 Å². The second kappa shape index (κ2) is 7.58. The molecule has 0 bridgehead atoms. The van der Waals surface area contributed by atoms with Gasteiger partial charge in [0.05, 0.1) is 11.5 Å². The van der Waals surface area contributed by atoms with Crippen molar-refractivity contribution >= 4 is 18.3 Å². The minimum atomic E-state index is -3.56. The van der Waals surface area contributed by atoms with Crippen molar-refractivity contribution in [1.29, 1.82) is 0 Å². The first-order valence-corrected chi connectivity index (χ1v) is 13.6. The molecule has 1 heterocycles. The molecule has 2 rings (SSSR count). The van der Waals surface area contributed by atoms with Crippen LogP contribution in [0.2, 0.25) is 18.1 Å². The third-order valence-corrected chi connectivity index (χ3v) is 12.1. The fourth-order valence-electron chi connectivity index (χ4n) is 2.76. The van der Waals surface area contributed by atoms with E-state index in [9.17, 15) is 8.42 Å². The van der Waals surface area contributed by atoms with Crippen molar-refractivity contribution in [3.8, 4) is 0 Å². The van der Waals surface area contributed by atoms with Gasteiger partial charge in [0.15, 0.2) is 8.32 Å². The summed E-state index contributed by atoms with van der Waals surface area (Å²) in [5.74, 6) is 0. The zero-order valence-corrected chi connectivity index (χ0v) is 18.8. The molecule has 26 heavy (non-hydrogen) atoms. The highest BCUT2D eigenvalue weighted by atomic mass is 32.2. The van der Waals surface area contributed by atoms with Crippen LogP contribution in [0.4, 0.5) is 0 Å². The zero-order valence-electron chi connectivity index (χ0n) is 17.0. The van der Waals surface area contributed by atoms with E-state index in [2.05, 4.69) is 40.4 Å². The van der Waals surface area contributed by atoms with Crippen LogP contribution in [-0.2, 0) is 14.4 Å². The smallest absolute Gasteiger partial charge is 0.243 e. The van der Waals surface area contributed by atoms with Gasteiger partial charge in [-0.2, -0.15) is 4.31 Å². The van der Waals surface area contributed by atoms with Crippen molar-refractivity contribution in [2.45, 2.75) is 69.6 Å². The van der Waals surface area contributed by atoms with Crippen LogP contribution in [0, 0.1) is 6.92 Å². The maximum absolute atomic E-state index is 13.2. The molecule has 0 radical (unpaired) electrons. The second-order valence-corrected chi connectivity index (χ2v) is 15.6. The molecule has 1 aromatic rings. The summed E-state index contributed by atoms with van der Waals surface area (Å²) in [7, 11) is -5.48. The van der Waals surface area contributed by atoms with Gasteiger partial charge >= 0.3 is 0 Å². The van der Waals surface area contributed by atoms with E-state index in [-0.39, 0.29) is 11.1 Å². The maximum atomic E-state index is 13.2. The fourth-order valence-corrected chi connectivity index (χ4v) is 5.46. The SMILES string of the molecule is C=C1CC[C@H](CO[Si](C)(C)C(C)(C)C)N(S(=O)(=O)c2ccc(C)cc2)C1. The molecular formula is C20H33NO3SSi. The van der Waals surface area contributed by atoms with Crippen LogP contribution in [0.15, 0.2) is 41.3 Å². The number of hydrogen-bond donors (Lipinski definition) is 0. The molecule has 1 fully saturated rings. The van der Waals surface area contributed by atoms with Crippen molar-refractivity contribution in [2.24, 2.45) is 0 Å². The molecule has 0 spiro atoms. The average molecular weight is 396 g/mol. The molecule has 0 aromatic heterocycles. The normalized spacial score (nSPS) is 20.4. The van der Waals surface area contributed by atoms with Crippen LogP contribution >= 0.6 is 0 Å². The lowest BCUT2D eigenvalue weighted by molar-refractivity contribution is 0.175. The molecule has 1 saturated heterocycles. The minimum absolute atomic E-state index is 0.103. The zero-order chi connectivity index (χ0) is 19.8. The molecule has 1 aliphatic rings. The lowest BCUT2D eigenvalue weighted by Crippen LogP contribution is -2.50. The van der Waals surface area contributed by atoms with Crippen LogP contribution < -0.4 is 0 Å². The number of benzene rings is 1. The van der Waals surface area contributed by atoms with Crippen molar-refractivity contribution in [3.05, 3.63) is 42.0 Å². The Labute approximate surface area is 160 Å². The molecular weight excluding hydrogens is 362 g/mol. The predicted octanol–water partition coefficient (Wildman–Crippen LogP) is 4.73. The Balaban J connectivity index is 2.25. The molecule has 6 heteroatoms. The molecule has 0 amide bonds. The summed E-state index contributed by atoms with van der Waals surface area (Å²) in [5.41, 5.74) is 2.01. The van der Waals surface area contributed by atoms with Crippen LogP contribution in [0.3, 0.4) is 0 Å². The molecule has 0 N–H and O–H groups in total. The lowest BCUT2D eigenvalue weighted by atomic mass is 10.0. The molecule has 0 saturated carbocycles. The highest BCUT2D eigenvalue weighted by molar-refractivity contribution is 7.89. The number of rotatable bonds is 5. The standard InChI is InChI=1S/C20H33NO3SSi/c1-16-9-12-19(13-10-16)25(22,23)21-14-17(2)8-11-18(21)15-24-26(6,7)20(3,4)5/h9-10,12-13,18H,2,8,11,14-15H2,1,3-7H3/t18-/m1/s1.